The third-order valence-corrected chi connectivity index (χ3v) is 4.69. The van der Waals surface area contributed by atoms with Gasteiger partial charge in [0.2, 0.25) is 11.8 Å². The smallest absolute Gasteiger partial charge is 0.228 e. The second-order valence-corrected chi connectivity index (χ2v) is 6.43. The van der Waals surface area contributed by atoms with Crippen LogP contribution in [-0.4, -0.2) is 29.8 Å². The number of hydrogen-bond donors (Lipinski definition) is 1. The standard InChI is InChI=1S/C19H24N2O3/c1-3-10-21(19(23)15-8-9-18(22)20-12-15)13(2)17-11-14-6-4-5-7-16(14)24-17/h4-7,11,13,15H,3,8-10,12H2,1-2H3,(H,20,22)/t13-,15+/m1/s1. The predicted octanol–water partition coefficient (Wildman–Crippen LogP) is 3.26. The number of piperidine rings is 1. The van der Waals surface area contributed by atoms with E-state index in [0.717, 1.165) is 23.2 Å². The van der Waals surface area contributed by atoms with Gasteiger partial charge in [-0.3, -0.25) is 9.59 Å². The summed E-state index contributed by atoms with van der Waals surface area (Å²) in [6.45, 7) is 5.19. The van der Waals surface area contributed by atoms with E-state index in [0.29, 0.717) is 25.9 Å². The van der Waals surface area contributed by atoms with Crippen molar-refractivity contribution in [3.05, 3.63) is 36.1 Å². The van der Waals surface area contributed by atoms with Crippen molar-refractivity contribution in [1.82, 2.24) is 10.2 Å². The molecule has 5 nitrogen and oxygen atoms in total. The van der Waals surface area contributed by atoms with Crippen molar-refractivity contribution in [2.75, 3.05) is 13.1 Å². The molecule has 1 aromatic heterocycles. The highest BCUT2D eigenvalue weighted by atomic mass is 16.3. The first-order chi connectivity index (χ1) is 11.6. The first-order valence-corrected chi connectivity index (χ1v) is 8.65. The molecule has 1 N–H and O–H groups in total. The van der Waals surface area contributed by atoms with Gasteiger partial charge in [0.15, 0.2) is 0 Å². The van der Waals surface area contributed by atoms with E-state index in [4.69, 9.17) is 4.42 Å². The number of rotatable bonds is 5. The van der Waals surface area contributed by atoms with E-state index in [1.807, 2.05) is 42.2 Å². The SMILES string of the molecule is CCCN(C(=O)[C@H]1CCC(=O)NC1)[C@H](C)c1cc2ccccc2o1. The highest BCUT2D eigenvalue weighted by molar-refractivity contribution is 5.84. The summed E-state index contributed by atoms with van der Waals surface area (Å²) in [5.41, 5.74) is 0.841. The van der Waals surface area contributed by atoms with Crippen molar-refractivity contribution in [1.29, 1.82) is 0 Å². The summed E-state index contributed by atoms with van der Waals surface area (Å²) in [5.74, 6) is 0.801. The van der Waals surface area contributed by atoms with Gasteiger partial charge in [-0.15, -0.1) is 0 Å². The number of amides is 2. The lowest BCUT2D eigenvalue weighted by molar-refractivity contribution is -0.140. The maximum absolute atomic E-state index is 13.0. The molecule has 1 fully saturated rings. The lowest BCUT2D eigenvalue weighted by Crippen LogP contribution is -2.45. The predicted molar refractivity (Wildman–Crippen MR) is 92.4 cm³/mol. The third-order valence-electron chi connectivity index (χ3n) is 4.69. The number of nitrogens with zero attached hydrogens (tertiary/aromatic N) is 1. The number of para-hydroxylation sites is 1. The van der Waals surface area contributed by atoms with E-state index in [9.17, 15) is 9.59 Å². The van der Waals surface area contributed by atoms with E-state index in [-0.39, 0.29) is 23.8 Å². The minimum absolute atomic E-state index is 0.0337. The Morgan fingerprint density at radius 1 is 1.42 bits per heavy atom. The summed E-state index contributed by atoms with van der Waals surface area (Å²) in [6.07, 6.45) is 1.93. The Balaban J connectivity index is 1.80. The lowest BCUT2D eigenvalue weighted by Gasteiger charge is -2.32. The molecule has 0 saturated carbocycles. The number of fused-ring (bicyclic) bond motifs is 1. The average Bonchev–Trinajstić information content (AvgIpc) is 3.03. The zero-order valence-corrected chi connectivity index (χ0v) is 14.2. The molecule has 2 atom stereocenters. The van der Waals surface area contributed by atoms with Gasteiger partial charge < -0.3 is 14.6 Å². The van der Waals surface area contributed by atoms with Crippen LogP contribution in [0, 0.1) is 5.92 Å². The summed E-state index contributed by atoms with van der Waals surface area (Å²) >= 11 is 0. The van der Waals surface area contributed by atoms with Crippen LogP contribution in [0.5, 0.6) is 0 Å². The summed E-state index contributed by atoms with van der Waals surface area (Å²) < 4.78 is 5.95. The van der Waals surface area contributed by atoms with Gasteiger partial charge in [0.1, 0.15) is 11.3 Å². The van der Waals surface area contributed by atoms with E-state index >= 15 is 0 Å². The second kappa shape index (κ2) is 7.07. The summed E-state index contributed by atoms with van der Waals surface area (Å²) in [6, 6.07) is 9.76. The first-order valence-electron chi connectivity index (χ1n) is 8.65. The summed E-state index contributed by atoms with van der Waals surface area (Å²) in [7, 11) is 0. The summed E-state index contributed by atoms with van der Waals surface area (Å²) in [5, 5.41) is 3.85. The molecule has 128 valence electrons. The van der Waals surface area contributed by atoms with Crippen LogP contribution < -0.4 is 5.32 Å². The van der Waals surface area contributed by atoms with Gasteiger partial charge in [-0.25, -0.2) is 0 Å². The average molecular weight is 328 g/mol. The number of carbonyl (C=O) groups is 2. The molecule has 0 unspecified atom stereocenters. The normalized spacial score (nSPS) is 19.1. The van der Waals surface area contributed by atoms with E-state index in [1.165, 1.54) is 0 Å². The van der Waals surface area contributed by atoms with Crippen LogP contribution in [0.4, 0.5) is 0 Å². The Hall–Kier alpha value is -2.30. The van der Waals surface area contributed by atoms with Gasteiger partial charge in [-0.1, -0.05) is 25.1 Å². The Morgan fingerprint density at radius 3 is 2.88 bits per heavy atom. The van der Waals surface area contributed by atoms with Crippen LogP contribution in [0.15, 0.2) is 34.7 Å². The van der Waals surface area contributed by atoms with Crippen LogP contribution in [0.3, 0.4) is 0 Å². The molecular weight excluding hydrogens is 304 g/mol. The molecule has 0 aliphatic carbocycles. The van der Waals surface area contributed by atoms with E-state index in [2.05, 4.69) is 12.2 Å². The number of hydrogen-bond acceptors (Lipinski definition) is 3. The zero-order valence-electron chi connectivity index (χ0n) is 14.2. The van der Waals surface area contributed by atoms with Crippen LogP contribution in [0.1, 0.15) is 44.9 Å². The molecular formula is C19H24N2O3. The molecule has 1 aliphatic heterocycles. The second-order valence-electron chi connectivity index (χ2n) is 6.43. The molecule has 2 heterocycles. The molecule has 1 aromatic carbocycles. The fourth-order valence-electron chi connectivity index (χ4n) is 3.28. The van der Waals surface area contributed by atoms with Gasteiger partial charge in [-0.05, 0) is 31.9 Å². The number of carbonyl (C=O) groups excluding carboxylic acids is 2. The van der Waals surface area contributed by atoms with E-state index < -0.39 is 0 Å². The number of furan rings is 1. The van der Waals surface area contributed by atoms with Crippen molar-refractivity contribution in [2.24, 2.45) is 5.92 Å². The van der Waals surface area contributed by atoms with Crippen LogP contribution in [0.25, 0.3) is 11.0 Å². The number of benzene rings is 1. The fraction of sp³-hybridized carbons (Fsp3) is 0.474. The maximum Gasteiger partial charge on any atom is 0.228 e. The van der Waals surface area contributed by atoms with Crippen molar-refractivity contribution in [3.63, 3.8) is 0 Å². The molecule has 1 saturated heterocycles. The lowest BCUT2D eigenvalue weighted by atomic mass is 9.96. The van der Waals surface area contributed by atoms with Gasteiger partial charge in [0.25, 0.3) is 0 Å². The topological polar surface area (TPSA) is 62.6 Å². The summed E-state index contributed by atoms with van der Waals surface area (Å²) in [4.78, 5) is 26.2. The Labute approximate surface area is 142 Å². The Morgan fingerprint density at radius 2 is 2.21 bits per heavy atom. The van der Waals surface area contributed by atoms with Crippen molar-refractivity contribution in [2.45, 2.75) is 39.2 Å². The highest BCUT2D eigenvalue weighted by Crippen LogP contribution is 2.29. The zero-order chi connectivity index (χ0) is 17.1. The van der Waals surface area contributed by atoms with Gasteiger partial charge in [0, 0.05) is 24.9 Å². The molecule has 0 spiro atoms. The minimum atomic E-state index is -0.138. The third kappa shape index (κ3) is 3.30. The quantitative estimate of drug-likeness (QED) is 0.916. The van der Waals surface area contributed by atoms with Gasteiger partial charge in [0.05, 0.1) is 12.0 Å². The van der Waals surface area contributed by atoms with Gasteiger partial charge >= 0.3 is 0 Å². The van der Waals surface area contributed by atoms with Crippen molar-refractivity contribution < 1.29 is 14.0 Å². The monoisotopic (exact) mass is 328 g/mol. The molecule has 0 bridgehead atoms. The maximum atomic E-state index is 13.0. The van der Waals surface area contributed by atoms with E-state index in [1.54, 1.807) is 0 Å². The molecule has 2 aromatic rings. The van der Waals surface area contributed by atoms with Crippen LogP contribution >= 0.6 is 0 Å². The molecule has 2 amide bonds. The molecule has 1 aliphatic rings. The van der Waals surface area contributed by atoms with Crippen molar-refractivity contribution in [3.8, 4) is 0 Å². The van der Waals surface area contributed by atoms with Crippen LogP contribution in [-0.2, 0) is 9.59 Å². The fourth-order valence-corrected chi connectivity index (χ4v) is 3.28. The van der Waals surface area contributed by atoms with Gasteiger partial charge in [-0.2, -0.15) is 0 Å². The van der Waals surface area contributed by atoms with Crippen molar-refractivity contribution >= 4 is 22.8 Å². The molecule has 3 rings (SSSR count). The molecule has 0 radical (unpaired) electrons. The highest BCUT2D eigenvalue weighted by Gasteiger charge is 2.31. The van der Waals surface area contributed by atoms with Crippen LogP contribution in [0.2, 0.25) is 0 Å². The minimum Gasteiger partial charge on any atom is -0.459 e. The Kier molecular flexibility index (Phi) is 4.88. The largest absolute Gasteiger partial charge is 0.459 e. The first kappa shape index (κ1) is 16.6. The Bertz CT molecular complexity index is 694. The molecule has 5 heteroatoms. The molecule has 24 heavy (non-hydrogen) atoms. The number of nitrogens with one attached hydrogen (secondary N) is 1.